The van der Waals surface area contributed by atoms with Crippen molar-refractivity contribution >= 4 is 11.8 Å². The maximum Gasteiger partial charge on any atom is 0.407 e. The minimum Gasteiger partial charge on any atom is -0.444 e. The molecule has 2 aromatic rings. The summed E-state index contributed by atoms with van der Waals surface area (Å²) in [6.45, 7) is 14.2. The molecule has 0 aliphatic rings. The minimum absolute atomic E-state index is 0.423. The van der Waals surface area contributed by atoms with Crippen molar-refractivity contribution in [1.29, 1.82) is 0 Å². The number of hydrogen-bond donors (Lipinski definition) is 1. The molecular formula is C19H24N4O3. The maximum absolute atomic E-state index is 11.6. The van der Waals surface area contributed by atoms with Gasteiger partial charge in [-0.25, -0.2) is 14.6 Å². The number of nitrogens with zero attached hydrogens (tertiary/aromatic N) is 3. The molecule has 0 aliphatic heterocycles. The van der Waals surface area contributed by atoms with Crippen molar-refractivity contribution in [3.63, 3.8) is 0 Å². The van der Waals surface area contributed by atoms with Crippen LogP contribution in [-0.2, 0) is 11.3 Å². The van der Waals surface area contributed by atoms with Crippen LogP contribution in [0.5, 0.6) is 0 Å². The summed E-state index contributed by atoms with van der Waals surface area (Å²) in [5.41, 5.74) is 1.76. The third-order valence-corrected chi connectivity index (χ3v) is 3.48. The minimum atomic E-state index is -0.506. The first-order valence-electron chi connectivity index (χ1n) is 8.34. The summed E-state index contributed by atoms with van der Waals surface area (Å²) in [5, 5.41) is 2.73. The highest BCUT2D eigenvalue weighted by atomic mass is 16.6. The molecule has 0 atom stereocenters. The number of hydrogen-bond acceptors (Lipinski definition) is 5. The molecule has 0 radical (unpaired) electrons. The predicted molar refractivity (Wildman–Crippen MR) is 98.8 cm³/mol. The van der Waals surface area contributed by atoms with Gasteiger partial charge in [-0.2, -0.15) is 0 Å². The summed E-state index contributed by atoms with van der Waals surface area (Å²) in [6, 6.07) is 7.20. The molecule has 0 unspecified atom stereocenters. The van der Waals surface area contributed by atoms with Gasteiger partial charge in [0.05, 0.1) is 6.57 Å². The lowest BCUT2D eigenvalue weighted by molar-refractivity contribution is 0.0523. The first kappa shape index (κ1) is 19.5. The fourth-order valence-electron chi connectivity index (χ4n) is 2.30. The van der Waals surface area contributed by atoms with E-state index in [0.717, 1.165) is 11.3 Å². The van der Waals surface area contributed by atoms with Crippen molar-refractivity contribution in [3.8, 4) is 11.3 Å². The third-order valence-electron chi connectivity index (χ3n) is 3.48. The Balaban J connectivity index is 1.88. The zero-order chi connectivity index (χ0) is 19.2. The first-order valence-corrected chi connectivity index (χ1v) is 8.34. The second kappa shape index (κ2) is 8.50. The van der Waals surface area contributed by atoms with Gasteiger partial charge in [-0.05, 0) is 27.8 Å². The second-order valence-electron chi connectivity index (χ2n) is 6.95. The topological polar surface area (TPSA) is 72.0 Å². The number of carbonyl (C=O) groups is 1. The Morgan fingerprint density at radius 3 is 2.65 bits per heavy atom. The molecule has 1 amide bonds. The molecule has 2 rings (SSSR count). The van der Waals surface area contributed by atoms with E-state index in [1.54, 1.807) is 12.1 Å². The van der Waals surface area contributed by atoms with Crippen LogP contribution in [0.2, 0.25) is 0 Å². The summed E-state index contributed by atoms with van der Waals surface area (Å²) in [7, 11) is 1.94. The third kappa shape index (κ3) is 5.90. The number of carbonyl (C=O) groups excluding carboxylic acids is 1. The van der Waals surface area contributed by atoms with E-state index in [1.807, 2.05) is 44.9 Å². The van der Waals surface area contributed by atoms with Gasteiger partial charge in [0.15, 0.2) is 17.8 Å². The van der Waals surface area contributed by atoms with Crippen molar-refractivity contribution in [2.24, 2.45) is 0 Å². The smallest absolute Gasteiger partial charge is 0.407 e. The highest BCUT2D eigenvalue weighted by Crippen LogP contribution is 2.26. The summed E-state index contributed by atoms with van der Waals surface area (Å²) >= 11 is 0. The van der Waals surface area contributed by atoms with E-state index < -0.39 is 11.7 Å². The first-order chi connectivity index (χ1) is 12.3. The van der Waals surface area contributed by atoms with Crippen LogP contribution < -0.4 is 5.32 Å². The number of aromatic nitrogens is 1. The lowest BCUT2D eigenvalue weighted by Crippen LogP contribution is -2.36. The molecular weight excluding hydrogens is 332 g/mol. The second-order valence-corrected chi connectivity index (χ2v) is 6.95. The molecule has 0 saturated carbocycles. The Labute approximate surface area is 153 Å². The predicted octanol–water partition coefficient (Wildman–Crippen LogP) is 3.85. The van der Waals surface area contributed by atoms with Gasteiger partial charge in [-0.15, -0.1) is 0 Å². The van der Waals surface area contributed by atoms with Crippen molar-refractivity contribution in [1.82, 2.24) is 15.2 Å². The standard InChI is InChI=1S/C19H24N4O3/c1-19(2,3)26-18(24)21-10-11-23(5)12-16-17(25-13-22-16)14-6-8-15(20-4)9-7-14/h6-9,13H,10-12H2,1-3,5H3,(H,21,24). The van der Waals surface area contributed by atoms with Gasteiger partial charge < -0.3 is 14.5 Å². The number of oxazole rings is 1. The van der Waals surface area contributed by atoms with Crippen LogP contribution in [0.4, 0.5) is 10.5 Å². The molecule has 7 nitrogen and oxygen atoms in total. The highest BCUT2D eigenvalue weighted by Gasteiger charge is 2.16. The van der Waals surface area contributed by atoms with Crippen LogP contribution in [0, 0.1) is 6.57 Å². The Morgan fingerprint density at radius 1 is 1.35 bits per heavy atom. The van der Waals surface area contributed by atoms with E-state index in [9.17, 15) is 4.79 Å². The van der Waals surface area contributed by atoms with Gasteiger partial charge in [0, 0.05) is 25.2 Å². The van der Waals surface area contributed by atoms with Crippen molar-refractivity contribution in [2.75, 3.05) is 20.1 Å². The molecule has 1 aromatic heterocycles. The van der Waals surface area contributed by atoms with Crippen LogP contribution in [0.1, 0.15) is 26.5 Å². The van der Waals surface area contributed by atoms with Crippen LogP contribution in [0.25, 0.3) is 16.2 Å². The molecule has 1 N–H and O–H groups in total. The quantitative estimate of drug-likeness (QED) is 0.796. The number of likely N-dealkylation sites (N-methyl/N-ethyl adjacent to an activating group) is 1. The van der Waals surface area contributed by atoms with Crippen molar-refractivity contribution in [2.45, 2.75) is 32.9 Å². The molecule has 0 aliphatic carbocycles. The van der Waals surface area contributed by atoms with Gasteiger partial charge in [0.1, 0.15) is 11.3 Å². The van der Waals surface area contributed by atoms with E-state index in [4.69, 9.17) is 15.7 Å². The Bertz CT molecular complexity index is 769. The lowest BCUT2D eigenvalue weighted by Gasteiger charge is -2.21. The average molecular weight is 356 g/mol. The van der Waals surface area contributed by atoms with E-state index in [2.05, 4.69) is 15.1 Å². The molecule has 138 valence electrons. The van der Waals surface area contributed by atoms with Gasteiger partial charge in [0.2, 0.25) is 0 Å². The van der Waals surface area contributed by atoms with E-state index in [0.29, 0.717) is 31.1 Å². The van der Waals surface area contributed by atoms with Crippen molar-refractivity contribution in [3.05, 3.63) is 47.8 Å². The molecule has 0 fully saturated rings. The average Bonchev–Trinajstić information content (AvgIpc) is 3.01. The summed E-state index contributed by atoms with van der Waals surface area (Å²) < 4.78 is 10.7. The number of rotatable bonds is 6. The van der Waals surface area contributed by atoms with E-state index in [1.165, 1.54) is 6.39 Å². The van der Waals surface area contributed by atoms with Crippen molar-refractivity contribution < 1.29 is 13.9 Å². The fourth-order valence-corrected chi connectivity index (χ4v) is 2.30. The van der Waals surface area contributed by atoms with E-state index >= 15 is 0 Å². The van der Waals surface area contributed by atoms with Gasteiger partial charge in [-0.3, -0.25) is 4.90 Å². The summed E-state index contributed by atoms with van der Waals surface area (Å²) in [6.07, 6.45) is 0.994. The number of ether oxygens (including phenoxy) is 1. The Hall–Kier alpha value is -2.85. The van der Waals surface area contributed by atoms with Crippen LogP contribution >= 0.6 is 0 Å². The highest BCUT2D eigenvalue weighted by molar-refractivity contribution is 5.67. The van der Waals surface area contributed by atoms with E-state index in [-0.39, 0.29) is 0 Å². The van der Waals surface area contributed by atoms with Crippen LogP contribution in [-0.4, -0.2) is 41.7 Å². The zero-order valence-electron chi connectivity index (χ0n) is 15.6. The number of benzene rings is 1. The molecule has 0 bridgehead atoms. The largest absolute Gasteiger partial charge is 0.444 e. The summed E-state index contributed by atoms with van der Waals surface area (Å²) in [5.74, 6) is 0.688. The molecule has 1 heterocycles. The molecule has 1 aromatic carbocycles. The number of nitrogens with one attached hydrogen (secondary N) is 1. The monoisotopic (exact) mass is 356 g/mol. The lowest BCUT2D eigenvalue weighted by atomic mass is 10.1. The molecule has 0 saturated heterocycles. The van der Waals surface area contributed by atoms with Gasteiger partial charge in [-0.1, -0.05) is 24.3 Å². The maximum atomic E-state index is 11.6. The van der Waals surface area contributed by atoms with Crippen LogP contribution in [0.15, 0.2) is 35.1 Å². The molecule has 7 heteroatoms. The van der Waals surface area contributed by atoms with Gasteiger partial charge >= 0.3 is 6.09 Å². The number of amides is 1. The summed E-state index contributed by atoms with van der Waals surface area (Å²) in [4.78, 5) is 21.4. The van der Waals surface area contributed by atoms with Gasteiger partial charge in [0.25, 0.3) is 0 Å². The Morgan fingerprint density at radius 2 is 2.04 bits per heavy atom. The van der Waals surface area contributed by atoms with Crippen LogP contribution in [0.3, 0.4) is 0 Å². The Kier molecular flexibility index (Phi) is 6.36. The number of alkyl carbamates (subject to hydrolysis) is 1. The zero-order valence-corrected chi connectivity index (χ0v) is 15.6. The fraction of sp³-hybridized carbons (Fsp3) is 0.421. The SMILES string of the molecule is [C-]#[N+]c1ccc(-c2ocnc2CN(C)CCNC(=O)OC(C)(C)C)cc1. The molecule has 0 spiro atoms. The molecule has 26 heavy (non-hydrogen) atoms. The normalized spacial score (nSPS) is 11.2.